The Morgan fingerprint density at radius 3 is 2.37 bits per heavy atom. The van der Waals surface area contributed by atoms with Crippen LogP contribution in [-0.2, 0) is 10.0 Å². The number of halogens is 3. The first-order valence-electron chi connectivity index (χ1n) is 5.17. The first kappa shape index (κ1) is 15.6. The van der Waals surface area contributed by atoms with Crippen LogP contribution in [-0.4, -0.2) is 39.5 Å². The largest absolute Gasteiger partial charge is 0.405 e. The minimum Gasteiger partial charge on any atom is -0.396 e. The van der Waals surface area contributed by atoms with Crippen LogP contribution in [0.15, 0.2) is 23.1 Å². The van der Waals surface area contributed by atoms with E-state index in [1.807, 2.05) is 0 Å². The smallest absolute Gasteiger partial charge is 0.396 e. The molecule has 0 aliphatic carbocycles. The third-order valence-electron chi connectivity index (χ3n) is 2.30. The Kier molecular flexibility index (Phi) is 4.31. The van der Waals surface area contributed by atoms with Gasteiger partial charge in [0, 0.05) is 14.1 Å². The van der Waals surface area contributed by atoms with E-state index in [0.717, 1.165) is 4.31 Å². The van der Waals surface area contributed by atoms with Gasteiger partial charge in [-0.1, -0.05) is 6.07 Å². The number of nitrogens with two attached hydrogens (primary N) is 1. The van der Waals surface area contributed by atoms with Crippen molar-refractivity contribution in [2.45, 2.75) is 11.1 Å². The summed E-state index contributed by atoms with van der Waals surface area (Å²) in [7, 11) is -1.18. The third-order valence-corrected chi connectivity index (χ3v) is 4.18. The van der Waals surface area contributed by atoms with Gasteiger partial charge in [-0.2, -0.15) is 13.2 Å². The minimum absolute atomic E-state index is 0.0692. The first-order valence-corrected chi connectivity index (χ1v) is 6.61. The lowest BCUT2D eigenvalue weighted by atomic mass is 10.2. The molecule has 0 aromatic heterocycles. The van der Waals surface area contributed by atoms with E-state index in [-0.39, 0.29) is 16.3 Å². The van der Waals surface area contributed by atoms with Gasteiger partial charge in [-0.15, -0.1) is 0 Å². The lowest BCUT2D eigenvalue weighted by molar-refractivity contribution is -0.115. The fourth-order valence-electron chi connectivity index (χ4n) is 1.32. The molecule has 3 N–H and O–H groups in total. The summed E-state index contributed by atoms with van der Waals surface area (Å²) in [5.74, 6) is 0. The molecule has 0 radical (unpaired) electrons. The first-order chi connectivity index (χ1) is 8.55. The fourth-order valence-corrected chi connectivity index (χ4v) is 2.35. The van der Waals surface area contributed by atoms with Crippen LogP contribution in [0.1, 0.15) is 0 Å². The number of nitrogens with one attached hydrogen (secondary N) is 1. The Morgan fingerprint density at radius 1 is 1.32 bits per heavy atom. The predicted molar refractivity (Wildman–Crippen MR) is 66.3 cm³/mol. The molecule has 0 aliphatic heterocycles. The quantitative estimate of drug-likeness (QED) is 0.826. The van der Waals surface area contributed by atoms with E-state index < -0.39 is 22.7 Å². The van der Waals surface area contributed by atoms with Crippen molar-refractivity contribution in [2.24, 2.45) is 0 Å². The van der Waals surface area contributed by atoms with E-state index in [0.29, 0.717) is 0 Å². The van der Waals surface area contributed by atoms with Crippen LogP contribution in [0.5, 0.6) is 0 Å². The van der Waals surface area contributed by atoms with E-state index in [2.05, 4.69) is 5.32 Å². The van der Waals surface area contributed by atoms with Crippen molar-refractivity contribution in [1.29, 1.82) is 0 Å². The Balaban J connectivity index is 3.13. The van der Waals surface area contributed by atoms with Crippen molar-refractivity contribution in [1.82, 2.24) is 4.31 Å². The lowest BCUT2D eigenvalue weighted by Crippen LogP contribution is -2.25. The summed E-state index contributed by atoms with van der Waals surface area (Å²) in [5, 5.41) is 2.07. The molecule has 0 spiro atoms. The number of benzene rings is 1. The number of sulfonamides is 1. The summed E-state index contributed by atoms with van der Waals surface area (Å²) < 4.78 is 61.1. The minimum atomic E-state index is -4.41. The second kappa shape index (κ2) is 5.25. The van der Waals surface area contributed by atoms with Gasteiger partial charge < -0.3 is 11.1 Å². The van der Waals surface area contributed by atoms with Gasteiger partial charge in [-0.05, 0) is 12.1 Å². The van der Waals surface area contributed by atoms with Crippen LogP contribution in [0, 0.1) is 0 Å². The summed E-state index contributed by atoms with van der Waals surface area (Å²) in [6.07, 6.45) is -4.41. The van der Waals surface area contributed by atoms with Gasteiger partial charge in [0.25, 0.3) is 0 Å². The predicted octanol–water partition coefficient (Wildman–Crippen LogP) is 1.49. The molecule has 19 heavy (non-hydrogen) atoms. The van der Waals surface area contributed by atoms with Gasteiger partial charge in [-0.3, -0.25) is 0 Å². The van der Waals surface area contributed by atoms with Crippen LogP contribution in [0.25, 0.3) is 0 Å². The van der Waals surface area contributed by atoms with E-state index in [1.54, 1.807) is 0 Å². The number of alkyl halides is 3. The standard InChI is InChI=1S/C10H14F3N3O2S/c1-16(2)19(17,18)8-5-3-4-7(9(8)14)15-6-10(11,12)13/h3-5,15H,6,14H2,1-2H3. The van der Waals surface area contributed by atoms with Crippen molar-refractivity contribution < 1.29 is 21.6 Å². The number of hydrogen-bond acceptors (Lipinski definition) is 4. The van der Waals surface area contributed by atoms with E-state index >= 15 is 0 Å². The molecular weight excluding hydrogens is 283 g/mol. The fraction of sp³-hybridized carbons (Fsp3) is 0.400. The number of rotatable bonds is 4. The highest BCUT2D eigenvalue weighted by atomic mass is 32.2. The highest BCUT2D eigenvalue weighted by Gasteiger charge is 2.28. The Labute approximate surface area is 109 Å². The van der Waals surface area contributed by atoms with Crippen LogP contribution in [0.4, 0.5) is 24.5 Å². The third kappa shape index (κ3) is 3.74. The second-order valence-corrected chi connectivity index (χ2v) is 6.09. The summed E-state index contributed by atoms with van der Waals surface area (Å²) in [4.78, 5) is -0.232. The van der Waals surface area contributed by atoms with E-state index in [9.17, 15) is 21.6 Å². The summed E-state index contributed by atoms with van der Waals surface area (Å²) in [6.45, 7) is -1.29. The molecule has 0 atom stereocenters. The number of nitrogen functional groups attached to an aromatic ring is 1. The Bertz CT molecular complexity index is 556. The summed E-state index contributed by atoms with van der Waals surface area (Å²) in [5.41, 5.74) is 5.30. The van der Waals surface area contributed by atoms with Gasteiger partial charge >= 0.3 is 6.18 Å². The number of nitrogens with zero attached hydrogens (tertiary/aromatic N) is 1. The SMILES string of the molecule is CN(C)S(=O)(=O)c1cccc(NCC(F)(F)F)c1N. The molecule has 0 unspecified atom stereocenters. The van der Waals surface area contributed by atoms with Gasteiger partial charge in [-0.25, -0.2) is 12.7 Å². The average Bonchev–Trinajstić information content (AvgIpc) is 2.26. The number of hydrogen-bond donors (Lipinski definition) is 2. The monoisotopic (exact) mass is 297 g/mol. The molecule has 0 bridgehead atoms. The molecule has 0 heterocycles. The highest BCUT2D eigenvalue weighted by molar-refractivity contribution is 7.89. The normalized spacial score (nSPS) is 12.7. The molecule has 1 rings (SSSR count). The van der Waals surface area contributed by atoms with Gasteiger partial charge in [0.15, 0.2) is 0 Å². The molecule has 0 amide bonds. The molecule has 1 aromatic rings. The average molecular weight is 297 g/mol. The van der Waals surface area contributed by atoms with Gasteiger partial charge in [0.2, 0.25) is 10.0 Å². The zero-order chi connectivity index (χ0) is 14.8. The van der Waals surface area contributed by atoms with Crippen molar-refractivity contribution in [3.63, 3.8) is 0 Å². The Hall–Kier alpha value is -1.48. The van der Waals surface area contributed by atoms with Crippen LogP contribution >= 0.6 is 0 Å². The molecule has 108 valence electrons. The van der Waals surface area contributed by atoms with Crippen molar-refractivity contribution in [3.05, 3.63) is 18.2 Å². The Morgan fingerprint density at radius 2 is 1.89 bits per heavy atom. The molecular formula is C10H14F3N3O2S. The highest BCUT2D eigenvalue weighted by Crippen LogP contribution is 2.29. The van der Waals surface area contributed by atoms with E-state index in [1.165, 1.54) is 32.3 Å². The summed E-state index contributed by atoms with van der Waals surface area (Å²) in [6, 6.07) is 3.85. The van der Waals surface area contributed by atoms with Crippen LogP contribution < -0.4 is 11.1 Å². The molecule has 1 aromatic carbocycles. The number of para-hydroxylation sites is 1. The van der Waals surface area contributed by atoms with Crippen LogP contribution in [0.3, 0.4) is 0 Å². The molecule has 5 nitrogen and oxygen atoms in total. The van der Waals surface area contributed by atoms with Crippen molar-refractivity contribution >= 4 is 21.4 Å². The maximum atomic E-state index is 12.1. The molecule has 0 fully saturated rings. The van der Waals surface area contributed by atoms with Crippen molar-refractivity contribution in [2.75, 3.05) is 31.7 Å². The summed E-state index contributed by atoms with van der Waals surface area (Å²) >= 11 is 0. The van der Waals surface area contributed by atoms with Crippen molar-refractivity contribution in [3.8, 4) is 0 Å². The molecule has 0 saturated carbocycles. The van der Waals surface area contributed by atoms with Crippen LogP contribution in [0.2, 0.25) is 0 Å². The van der Waals surface area contributed by atoms with E-state index in [4.69, 9.17) is 5.73 Å². The number of anilines is 2. The topological polar surface area (TPSA) is 75.4 Å². The van der Waals surface area contributed by atoms with Gasteiger partial charge in [0.05, 0.1) is 11.4 Å². The molecule has 0 aliphatic rings. The zero-order valence-corrected chi connectivity index (χ0v) is 11.1. The zero-order valence-electron chi connectivity index (χ0n) is 10.3. The maximum absolute atomic E-state index is 12.1. The maximum Gasteiger partial charge on any atom is 0.405 e. The second-order valence-electron chi connectivity index (χ2n) is 3.97. The molecule has 0 saturated heterocycles. The molecule has 9 heteroatoms. The van der Waals surface area contributed by atoms with Gasteiger partial charge in [0.1, 0.15) is 11.4 Å². The lowest BCUT2D eigenvalue weighted by Gasteiger charge is -2.17.